The van der Waals surface area contributed by atoms with Gasteiger partial charge in [0.2, 0.25) is 0 Å². The Morgan fingerprint density at radius 1 is 1.31 bits per heavy atom. The number of carboxylic acids is 1. The van der Waals surface area contributed by atoms with Gasteiger partial charge in [-0.15, -0.1) is 0 Å². The van der Waals surface area contributed by atoms with Crippen LogP contribution in [0, 0.1) is 0 Å². The first-order valence-electron chi connectivity index (χ1n) is 4.55. The Balaban J connectivity index is 3.37. The number of hydrogen-bond donors (Lipinski definition) is 1. The quantitative estimate of drug-likeness (QED) is 0.375. The zero-order chi connectivity index (χ0) is 10.1. The molecule has 0 bridgehead atoms. The van der Waals surface area contributed by atoms with Crippen molar-refractivity contribution in [1.29, 1.82) is 0 Å². The van der Waals surface area contributed by atoms with Crippen molar-refractivity contribution in [2.45, 2.75) is 39.0 Å². The number of carbonyl (C=O) groups is 2. The fourth-order valence-electron chi connectivity index (χ4n) is 0.959. The van der Waals surface area contributed by atoms with Crippen molar-refractivity contribution < 1.29 is 14.7 Å². The molecule has 0 aromatic carbocycles. The molecule has 0 saturated carbocycles. The van der Waals surface area contributed by atoms with E-state index in [1.54, 1.807) is 0 Å². The van der Waals surface area contributed by atoms with Gasteiger partial charge in [-0.3, -0.25) is 9.59 Å². The van der Waals surface area contributed by atoms with E-state index >= 15 is 0 Å². The van der Waals surface area contributed by atoms with Crippen LogP contribution in [0.3, 0.4) is 0 Å². The molecule has 0 aromatic heterocycles. The number of aliphatic carboxylic acids is 1. The lowest BCUT2D eigenvalue weighted by Gasteiger charge is -1.94. The van der Waals surface area contributed by atoms with E-state index in [9.17, 15) is 9.59 Å². The van der Waals surface area contributed by atoms with Gasteiger partial charge in [0.1, 0.15) is 12.2 Å². The van der Waals surface area contributed by atoms with Crippen molar-refractivity contribution in [3.05, 3.63) is 12.2 Å². The first-order chi connectivity index (χ1) is 6.16. The van der Waals surface area contributed by atoms with Crippen LogP contribution in [0.4, 0.5) is 0 Å². The van der Waals surface area contributed by atoms with Gasteiger partial charge in [0.05, 0.1) is 0 Å². The van der Waals surface area contributed by atoms with Crippen molar-refractivity contribution in [1.82, 2.24) is 0 Å². The molecule has 74 valence electrons. The predicted octanol–water partition coefficient (Wildman–Crippen LogP) is 2.17. The molecule has 0 aliphatic rings. The molecular weight excluding hydrogens is 168 g/mol. The van der Waals surface area contributed by atoms with Crippen molar-refractivity contribution in [3.8, 4) is 0 Å². The summed E-state index contributed by atoms with van der Waals surface area (Å²) in [5, 5.41) is 8.29. The lowest BCUT2D eigenvalue weighted by molar-refractivity contribution is -0.140. The number of allylic oxidation sites excluding steroid dienone is 2. The molecular formula is C10H16O3. The van der Waals surface area contributed by atoms with Crippen molar-refractivity contribution in [2.75, 3.05) is 0 Å². The summed E-state index contributed by atoms with van der Waals surface area (Å²) in [5.41, 5.74) is 0. The molecule has 0 aliphatic carbocycles. The van der Waals surface area contributed by atoms with Crippen LogP contribution in [-0.2, 0) is 9.59 Å². The van der Waals surface area contributed by atoms with Crippen LogP contribution >= 0.6 is 0 Å². The van der Waals surface area contributed by atoms with E-state index in [0.717, 1.165) is 19.3 Å². The zero-order valence-corrected chi connectivity index (χ0v) is 7.95. The maximum absolute atomic E-state index is 10.9. The van der Waals surface area contributed by atoms with Gasteiger partial charge in [0.25, 0.3) is 0 Å². The van der Waals surface area contributed by atoms with Gasteiger partial charge in [-0.05, 0) is 19.3 Å². The van der Waals surface area contributed by atoms with Crippen molar-refractivity contribution in [2.24, 2.45) is 0 Å². The average Bonchev–Trinajstić information content (AvgIpc) is 2.02. The first kappa shape index (κ1) is 11.9. The van der Waals surface area contributed by atoms with Gasteiger partial charge in [0.15, 0.2) is 0 Å². The highest BCUT2D eigenvalue weighted by molar-refractivity contribution is 5.94. The van der Waals surface area contributed by atoms with Gasteiger partial charge in [0, 0.05) is 6.42 Å². The molecule has 13 heavy (non-hydrogen) atoms. The maximum atomic E-state index is 10.9. The van der Waals surface area contributed by atoms with E-state index in [1.165, 1.54) is 0 Å². The Morgan fingerprint density at radius 3 is 2.54 bits per heavy atom. The smallest absolute Gasteiger partial charge is 0.310 e. The lowest BCUT2D eigenvalue weighted by atomic mass is 10.1. The summed E-state index contributed by atoms with van der Waals surface area (Å²) >= 11 is 0. The third kappa shape index (κ3) is 8.79. The Labute approximate surface area is 78.5 Å². The summed E-state index contributed by atoms with van der Waals surface area (Å²) < 4.78 is 0. The van der Waals surface area contributed by atoms with Gasteiger partial charge in [-0.1, -0.05) is 19.1 Å². The molecule has 0 saturated heterocycles. The average molecular weight is 184 g/mol. The largest absolute Gasteiger partial charge is 0.481 e. The van der Waals surface area contributed by atoms with E-state index in [0.29, 0.717) is 6.42 Å². The molecule has 0 aliphatic heterocycles. The number of hydrogen-bond acceptors (Lipinski definition) is 2. The summed E-state index contributed by atoms with van der Waals surface area (Å²) in [6, 6.07) is 0. The lowest BCUT2D eigenvalue weighted by Crippen LogP contribution is -2.05. The first-order valence-corrected chi connectivity index (χ1v) is 4.55. The van der Waals surface area contributed by atoms with Crippen molar-refractivity contribution in [3.63, 3.8) is 0 Å². The summed E-state index contributed by atoms with van der Waals surface area (Å²) in [6.07, 6.45) is 6.72. The Morgan fingerprint density at radius 2 is 2.00 bits per heavy atom. The van der Waals surface area contributed by atoms with E-state index in [2.05, 4.69) is 0 Å². The van der Waals surface area contributed by atoms with Crippen LogP contribution in [-0.4, -0.2) is 16.9 Å². The summed E-state index contributed by atoms with van der Waals surface area (Å²) in [4.78, 5) is 21.0. The van der Waals surface area contributed by atoms with Crippen LogP contribution in [0.25, 0.3) is 0 Å². The fraction of sp³-hybridized carbons (Fsp3) is 0.600. The summed E-state index contributed by atoms with van der Waals surface area (Å²) in [6.45, 7) is 2.05. The van der Waals surface area contributed by atoms with E-state index in [4.69, 9.17) is 5.11 Å². The minimum absolute atomic E-state index is 0.183. The van der Waals surface area contributed by atoms with Gasteiger partial charge in [-0.2, -0.15) is 0 Å². The Kier molecular flexibility index (Phi) is 6.88. The molecule has 0 fully saturated rings. The number of carboxylic acid groups (broad SMARTS) is 1. The Bertz CT molecular complexity index is 194. The topological polar surface area (TPSA) is 54.4 Å². The fourth-order valence-corrected chi connectivity index (χ4v) is 0.959. The number of Topliss-reactive ketones (excluding diaryl/α,β-unsaturated/α-hetero) is 1. The second kappa shape index (κ2) is 7.53. The molecule has 0 unspecified atom stereocenters. The minimum Gasteiger partial charge on any atom is -0.481 e. The minimum atomic E-state index is -1.03. The standard InChI is InChI=1S/C10H16O3/c1-2-3-4-5-6-7-9(11)8-10(12)13/h3-4H,2,5-8H2,1H3,(H,12,13). The molecule has 0 rings (SSSR count). The van der Waals surface area contributed by atoms with E-state index in [1.807, 2.05) is 19.1 Å². The number of ketones is 1. The SMILES string of the molecule is CCC=CCCCC(=O)CC(=O)O. The molecule has 0 spiro atoms. The molecule has 3 nitrogen and oxygen atoms in total. The molecule has 0 atom stereocenters. The molecule has 0 aromatic rings. The predicted molar refractivity (Wildman–Crippen MR) is 50.5 cm³/mol. The van der Waals surface area contributed by atoms with Gasteiger partial charge < -0.3 is 5.11 Å². The van der Waals surface area contributed by atoms with Crippen LogP contribution in [0.5, 0.6) is 0 Å². The highest BCUT2D eigenvalue weighted by Crippen LogP contribution is 2.00. The van der Waals surface area contributed by atoms with Crippen LogP contribution < -0.4 is 0 Å². The molecule has 1 N–H and O–H groups in total. The van der Waals surface area contributed by atoms with Crippen molar-refractivity contribution >= 4 is 11.8 Å². The molecule has 3 heteroatoms. The number of carbonyl (C=O) groups excluding carboxylic acids is 1. The van der Waals surface area contributed by atoms with E-state index in [-0.39, 0.29) is 12.2 Å². The molecule has 0 heterocycles. The number of rotatable bonds is 7. The second-order valence-corrected chi connectivity index (χ2v) is 2.88. The van der Waals surface area contributed by atoms with Crippen LogP contribution in [0.1, 0.15) is 39.0 Å². The second-order valence-electron chi connectivity index (χ2n) is 2.88. The van der Waals surface area contributed by atoms with Crippen LogP contribution in [0.2, 0.25) is 0 Å². The third-order valence-electron chi connectivity index (χ3n) is 1.58. The monoisotopic (exact) mass is 184 g/mol. The summed E-state index contributed by atoms with van der Waals surface area (Å²) in [7, 11) is 0. The van der Waals surface area contributed by atoms with Crippen LogP contribution in [0.15, 0.2) is 12.2 Å². The normalized spacial score (nSPS) is 10.5. The molecule has 0 amide bonds. The molecule has 0 radical (unpaired) electrons. The number of unbranched alkanes of at least 4 members (excludes halogenated alkanes) is 1. The van der Waals surface area contributed by atoms with E-state index < -0.39 is 5.97 Å². The Hall–Kier alpha value is -1.12. The zero-order valence-electron chi connectivity index (χ0n) is 7.95. The maximum Gasteiger partial charge on any atom is 0.310 e. The van der Waals surface area contributed by atoms with Gasteiger partial charge in [-0.25, -0.2) is 0 Å². The highest BCUT2D eigenvalue weighted by Gasteiger charge is 2.05. The summed E-state index contributed by atoms with van der Waals surface area (Å²) in [5.74, 6) is -1.22. The third-order valence-corrected chi connectivity index (χ3v) is 1.58. The van der Waals surface area contributed by atoms with Gasteiger partial charge >= 0.3 is 5.97 Å². The highest BCUT2D eigenvalue weighted by atomic mass is 16.4.